The average molecular weight is 300 g/mol. The topological polar surface area (TPSA) is 87.2 Å². The van der Waals surface area contributed by atoms with Gasteiger partial charge in [-0.2, -0.15) is 0 Å². The highest BCUT2D eigenvalue weighted by Gasteiger charge is 2.27. The molecule has 1 atom stereocenters. The first-order valence-corrected chi connectivity index (χ1v) is 7.14. The van der Waals surface area contributed by atoms with Gasteiger partial charge < -0.3 is 19.6 Å². The SMILES string of the molecule is COC(=O)C(C)CN(C)C(=O)N1CCC(CC(=O)O)CC1. The quantitative estimate of drug-likeness (QED) is 0.766. The van der Waals surface area contributed by atoms with Crippen molar-refractivity contribution in [2.24, 2.45) is 11.8 Å². The normalized spacial score (nSPS) is 17.2. The van der Waals surface area contributed by atoms with Crippen molar-refractivity contribution < 1.29 is 24.2 Å². The van der Waals surface area contributed by atoms with Crippen LogP contribution in [0.15, 0.2) is 0 Å². The van der Waals surface area contributed by atoms with Crippen LogP contribution < -0.4 is 0 Å². The molecule has 1 aliphatic heterocycles. The molecule has 0 spiro atoms. The maximum Gasteiger partial charge on any atom is 0.319 e. The monoisotopic (exact) mass is 300 g/mol. The van der Waals surface area contributed by atoms with E-state index in [1.165, 1.54) is 12.0 Å². The highest BCUT2D eigenvalue weighted by molar-refractivity contribution is 5.76. The zero-order valence-electron chi connectivity index (χ0n) is 12.9. The lowest BCUT2D eigenvalue weighted by Gasteiger charge is -2.34. The first kappa shape index (κ1) is 17.3. The number of ether oxygens (including phenoxy) is 1. The van der Waals surface area contributed by atoms with Gasteiger partial charge in [0.05, 0.1) is 13.0 Å². The number of urea groups is 1. The minimum Gasteiger partial charge on any atom is -0.481 e. The molecule has 1 N–H and O–H groups in total. The van der Waals surface area contributed by atoms with Crippen molar-refractivity contribution in [1.82, 2.24) is 9.80 Å². The molecule has 7 nitrogen and oxygen atoms in total. The molecule has 0 aromatic rings. The summed E-state index contributed by atoms with van der Waals surface area (Å²) in [5, 5.41) is 8.77. The van der Waals surface area contributed by atoms with Crippen LogP contribution in [-0.4, -0.2) is 66.7 Å². The predicted molar refractivity (Wildman–Crippen MR) is 75.8 cm³/mol. The van der Waals surface area contributed by atoms with Crippen LogP contribution in [0.4, 0.5) is 4.79 Å². The van der Waals surface area contributed by atoms with Gasteiger partial charge in [0, 0.05) is 33.1 Å². The highest BCUT2D eigenvalue weighted by Crippen LogP contribution is 2.21. The third-order valence-electron chi connectivity index (χ3n) is 3.83. The van der Waals surface area contributed by atoms with E-state index in [2.05, 4.69) is 4.74 Å². The summed E-state index contributed by atoms with van der Waals surface area (Å²) in [7, 11) is 2.99. The number of amides is 2. The van der Waals surface area contributed by atoms with Gasteiger partial charge in [0.15, 0.2) is 0 Å². The summed E-state index contributed by atoms with van der Waals surface area (Å²) in [6.07, 6.45) is 1.58. The second-order valence-electron chi connectivity index (χ2n) is 5.62. The smallest absolute Gasteiger partial charge is 0.319 e. The van der Waals surface area contributed by atoms with Gasteiger partial charge in [0.2, 0.25) is 0 Å². The summed E-state index contributed by atoms with van der Waals surface area (Å²) < 4.78 is 4.64. The van der Waals surface area contributed by atoms with Gasteiger partial charge in [-0.1, -0.05) is 6.92 Å². The molecule has 1 heterocycles. The van der Waals surface area contributed by atoms with Crippen molar-refractivity contribution >= 4 is 18.0 Å². The lowest BCUT2D eigenvalue weighted by molar-refractivity contribution is -0.145. The predicted octanol–water partition coefficient (Wildman–Crippen LogP) is 1.03. The summed E-state index contributed by atoms with van der Waals surface area (Å²) in [5.41, 5.74) is 0. The molecular formula is C14H24N2O5. The summed E-state index contributed by atoms with van der Waals surface area (Å²) in [5.74, 6) is -1.35. The van der Waals surface area contributed by atoms with Crippen molar-refractivity contribution in [3.63, 3.8) is 0 Å². The zero-order chi connectivity index (χ0) is 16.0. The Kier molecular flexibility index (Phi) is 6.45. The minimum atomic E-state index is -0.788. The van der Waals surface area contributed by atoms with Crippen LogP contribution in [0.1, 0.15) is 26.2 Å². The van der Waals surface area contributed by atoms with Crippen LogP contribution in [0, 0.1) is 11.8 Å². The van der Waals surface area contributed by atoms with Crippen molar-refractivity contribution in [3.05, 3.63) is 0 Å². The van der Waals surface area contributed by atoms with E-state index in [4.69, 9.17) is 5.11 Å². The molecule has 2 amide bonds. The second kappa shape index (κ2) is 7.85. The Morgan fingerprint density at radius 2 is 1.90 bits per heavy atom. The maximum absolute atomic E-state index is 12.3. The maximum atomic E-state index is 12.3. The fourth-order valence-corrected chi connectivity index (χ4v) is 2.58. The Labute approximate surface area is 124 Å². The molecule has 120 valence electrons. The number of carboxylic acids is 1. The van der Waals surface area contributed by atoms with Gasteiger partial charge in [-0.05, 0) is 18.8 Å². The molecule has 1 aliphatic rings. The minimum absolute atomic E-state index is 0.125. The van der Waals surface area contributed by atoms with Crippen molar-refractivity contribution in [3.8, 4) is 0 Å². The number of carbonyl (C=O) groups excluding carboxylic acids is 2. The standard InChI is InChI=1S/C14H24N2O5/c1-10(13(19)21-3)9-15(2)14(20)16-6-4-11(5-7-16)8-12(17)18/h10-11H,4-9H2,1-3H3,(H,17,18). The summed E-state index contributed by atoms with van der Waals surface area (Å²) in [6, 6.07) is -0.125. The van der Waals surface area contributed by atoms with Gasteiger partial charge in [0.25, 0.3) is 0 Å². The van der Waals surface area contributed by atoms with Gasteiger partial charge >= 0.3 is 18.0 Å². The van der Waals surface area contributed by atoms with E-state index in [1.807, 2.05) is 0 Å². The van der Waals surface area contributed by atoms with Crippen LogP contribution in [-0.2, 0) is 14.3 Å². The molecule has 1 unspecified atom stereocenters. The largest absolute Gasteiger partial charge is 0.481 e. The number of carboxylic acid groups (broad SMARTS) is 1. The highest BCUT2D eigenvalue weighted by atomic mass is 16.5. The van der Waals surface area contributed by atoms with Crippen LogP contribution in [0.3, 0.4) is 0 Å². The van der Waals surface area contributed by atoms with E-state index >= 15 is 0 Å². The van der Waals surface area contributed by atoms with Gasteiger partial charge in [-0.3, -0.25) is 9.59 Å². The van der Waals surface area contributed by atoms with Crippen LogP contribution >= 0.6 is 0 Å². The molecule has 0 aromatic carbocycles. The Morgan fingerprint density at radius 1 is 1.33 bits per heavy atom. The van der Waals surface area contributed by atoms with Gasteiger partial charge in [0.1, 0.15) is 0 Å². The number of methoxy groups -OCH3 is 1. The molecule has 0 aromatic heterocycles. The van der Waals surface area contributed by atoms with Crippen molar-refractivity contribution in [1.29, 1.82) is 0 Å². The first-order valence-electron chi connectivity index (χ1n) is 7.14. The molecule has 0 aliphatic carbocycles. The molecule has 21 heavy (non-hydrogen) atoms. The second-order valence-corrected chi connectivity index (χ2v) is 5.62. The molecule has 1 rings (SSSR count). The Morgan fingerprint density at radius 3 is 2.38 bits per heavy atom. The molecule has 0 bridgehead atoms. The molecule has 0 radical (unpaired) electrons. The summed E-state index contributed by atoms with van der Waals surface area (Å²) in [4.78, 5) is 37.5. The molecule has 1 fully saturated rings. The van der Waals surface area contributed by atoms with Gasteiger partial charge in [-0.15, -0.1) is 0 Å². The number of nitrogens with zero attached hydrogens (tertiary/aromatic N) is 2. The molecular weight excluding hydrogens is 276 g/mol. The molecule has 1 saturated heterocycles. The third kappa shape index (κ3) is 5.24. The number of carbonyl (C=O) groups is 3. The fraction of sp³-hybridized carbons (Fsp3) is 0.786. The lowest BCUT2D eigenvalue weighted by atomic mass is 9.94. The van der Waals surface area contributed by atoms with E-state index in [9.17, 15) is 14.4 Å². The van der Waals surface area contributed by atoms with Crippen molar-refractivity contribution in [2.45, 2.75) is 26.2 Å². The van der Waals surface area contributed by atoms with Crippen molar-refractivity contribution in [2.75, 3.05) is 33.8 Å². The third-order valence-corrected chi connectivity index (χ3v) is 3.83. The molecule has 7 heteroatoms. The Bertz CT molecular complexity index is 391. The number of likely N-dealkylation sites (tertiary alicyclic amines) is 1. The van der Waals surface area contributed by atoms with Gasteiger partial charge in [-0.25, -0.2) is 4.79 Å². The van der Waals surface area contributed by atoms with E-state index in [-0.39, 0.29) is 30.3 Å². The van der Waals surface area contributed by atoms with Crippen LogP contribution in [0.2, 0.25) is 0 Å². The van der Waals surface area contributed by atoms with E-state index in [1.54, 1.807) is 18.9 Å². The first-order chi connectivity index (χ1) is 9.85. The fourth-order valence-electron chi connectivity index (χ4n) is 2.58. The number of rotatable bonds is 5. The summed E-state index contributed by atoms with van der Waals surface area (Å²) >= 11 is 0. The average Bonchev–Trinajstić information content (AvgIpc) is 2.45. The Balaban J connectivity index is 2.42. The van der Waals surface area contributed by atoms with E-state index < -0.39 is 5.97 Å². The number of aliphatic carboxylic acids is 1. The Hall–Kier alpha value is -1.79. The van der Waals surface area contributed by atoms with Crippen LogP contribution in [0.25, 0.3) is 0 Å². The van der Waals surface area contributed by atoms with E-state index in [0.717, 1.165) is 0 Å². The summed E-state index contributed by atoms with van der Waals surface area (Å²) in [6.45, 7) is 3.15. The number of piperidine rings is 1. The molecule has 0 saturated carbocycles. The number of esters is 1. The van der Waals surface area contributed by atoms with Crippen LogP contribution in [0.5, 0.6) is 0 Å². The zero-order valence-corrected chi connectivity index (χ0v) is 12.9. The number of hydrogen-bond donors (Lipinski definition) is 1. The lowest BCUT2D eigenvalue weighted by Crippen LogP contribution is -2.47. The number of hydrogen-bond acceptors (Lipinski definition) is 4. The van der Waals surface area contributed by atoms with E-state index in [0.29, 0.717) is 32.5 Å².